The van der Waals surface area contributed by atoms with Gasteiger partial charge in [0, 0.05) is 21.7 Å². The summed E-state index contributed by atoms with van der Waals surface area (Å²) in [6, 6.07) is 22.1. The lowest BCUT2D eigenvalue weighted by Crippen LogP contribution is -2.21. The molecule has 3 aromatic carbocycles. The Bertz CT molecular complexity index is 1250. The van der Waals surface area contributed by atoms with E-state index in [0.717, 1.165) is 23.1 Å². The maximum atomic E-state index is 13.4. The number of oxazole rings is 1. The maximum absolute atomic E-state index is 13.4. The molecule has 6 heteroatoms. The summed E-state index contributed by atoms with van der Waals surface area (Å²) in [5.74, 6) is -0.0139. The van der Waals surface area contributed by atoms with Crippen molar-refractivity contribution in [2.75, 3.05) is 5.32 Å². The highest BCUT2D eigenvalue weighted by molar-refractivity contribution is 6.30. The van der Waals surface area contributed by atoms with Crippen molar-refractivity contribution < 1.29 is 14.3 Å². The fourth-order valence-electron chi connectivity index (χ4n) is 3.78. The van der Waals surface area contributed by atoms with Crippen LogP contribution in [0.3, 0.4) is 0 Å². The van der Waals surface area contributed by atoms with Gasteiger partial charge in [0.15, 0.2) is 0 Å². The largest absolute Gasteiger partial charge is 0.508 e. The molecule has 0 bridgehead atoms. The molecule has 0 radical (unpaired) electrons. The summed E-state index contributed by atoms with van der Waals surface area (Å²) < 4.78 is 6.03. The molecule has 0 aliphatic heterocycles. The topological polar surface area (TPSA) is 75.4 Å². The fourth-order valence-corrected chi connectivity index (χ4v) is 3.90. The van der Waals surface area contributed by atoms with Crippen LogP contribution in [-0.4, -0.2) is 16.0 Å². The molecule has 0 aliphatic rings. The van der Waals surface area contributed by atoms with Crippen LogP contribution in [0.1, 0.15) is 36.8 Å². The molecule has 5 nitrogen and oxygen atoms in total. The molecule has 2 N–H and O–H groups in total. The van der Waals surface area contributed by atoms with Crippen LogP contribution in [0.5, 0.6) is 5.75 Å². The van der Waals surface area contributed by atoms with E-state index in [2.05, 4.69) is 10.3 Å². The number of aromatic hydroxyl groups is 1. The summed E-state index contributed by atoms with van der Waals surface area (Å²) in [5.41, 5.74) is 3.61. The van der Waals surface area contributed by atoms with Gasteiger partial charge in [0.2, 0.25) is 17.7 Å². The average molecular weight is 461 g/mol. The zero-order valence-corrected chi connectivity index (χ0v) is 19.3. The number of nitrogens with zero attached hydrogens (tertiary/aromatic N) is 1. The highest BCUT2D eigenvalue weighted by Crippen LogP contribution is 2.36. The van der Waals surface area contributed by atoms with Crippen molar-refractivity contribution in [3.8, 4) is 28.5 Å². The van der Waals surface area contributed by atoms with Crippen molar-refractivity contribution in [1.82, 2.24) is 4.98 Å². The molecule has 0 fully saturated rings. The van der Waals surface area contributed by atoms with Crippen LogP contribution in [0.4, 0.5) is 5.88 Å². The molecule has 0 saturated carbocycles. The van der Waals surface area contributed by atoms with Crippen LogP contribution < -0.4 is 5.32 Å². The summed E-state index contributed by atoms with van der Waals surface area (Å²) in [7, 11) is 0. The SMILES string of the molecule is CCCC(C(=O)Nc1oc(-c2ccccc2)nc1-c1ccc(Cl)cc1)c1ccc(C)cc1O. The Morgan fingerprint density at radius 1 is 1.06 bits per heavy atom. The first-order valence-electron chi connectivity index (χ1n) is 10.9. The lowest BCUT2D eigenvalue weighted by atomic mass is 9.92. The predicted molar refractivity (Wildman–Crippen MR) is 132 cm³/mol. The normalized spacial score (nSPS) is 11.8. The number of benzene rings is 3. The minimum absolute atomic E-state index is 0.115. The summed E-state index contributed by atoms with van der Waals surface area (Å²) >= 11 is 6.06. The number of amides is 1. The molecule has 4 rings (SSSR count). The maximum Gasteiger partial charge on any atom is 0.234 e. The number of anilines is 1. The van der Waals surface area contributed by atoms with E-state index >= 15 is 0 Å². The van der Waals surface area contributed by atoms with Crippen molar-refractivity contribution in [3.63, 3.8) is 0 Å². The molecule has 1 unspecified atom stereocenters. The highest BCUT2D eigenvalue weighted by atomic mass is 35.5. The third kappa shape index (κ3) is 5.10. The number of phenols is 1. The Labute approximate surface area is 198 Å². The van der Waals surface area contributed by atoms with Gasteiger partial charge in [-0.15, -0.1) is 0 Å². The summed E-state index contributed by atoms with van der Waals surface area (Å²) in [6.45, 7) is 3.91. The van der Waals surface area contributed by atoms with Crippen LogP contribution in [0.2, 0.25) is 5.02 Å². The Morgan fingerprint density at radius 2 is 1.79 bits per heavy atom. The molecule has 168 valence electrons. The number of carbonyl (C=O) groups is 1. The van der Waals surface area contributed by atoms with Crippen LogP contribution in [-0.2, 0) is 4.79 Å². The lowest BCUT2D eigenvalue weighted by Gasteiger charge is -2.17. The zero-order valence-electron chi connectivity index (χ0n) is 18.5. The van der Waals surface area contributed by atoms with Gasteiger partial charge < -0.3 is 9.52 Å². The van der Waals surface area contributed by atoms with Gasteiger partial charge in [-0.05, 0) is 49.2 Å². The molecule has 1 amide bonds. The summed E-state index contributed by atoms with van der Waals surface area (Å²) in [4.78, 5) is 18.1. The van der Waals surface area contributed by atoms with E-state index < -0.39 is 5.92 Å². The highest BCUT2D eigenvalue weighted by Gasteiger charge is 2.26. The third-order valence-electron chi connectivity index (χ3n) is 5.46. The van der Waals surface area contributed by atoms with Crippen molar-refractivity contribution in [1.29, 1.82) is 0 Å². The first-order valence-corrected chi connectivity index (χ1v) is 11.3. The van der Waals surface area contributed by atoms with Crippen LogP contribution >= 0.6 is 11.6 Å². The zero-order chi connectivity index (χ0) is 23.4. The van der Waals surface area contributed by atoms with Crippen molar-refractivity contribution in [2.24, 2.45) is 0 Å². The Kier molecular flexibility index (Phi) is 6.80. The number of rotatable bonds is 7. The number of carbonyl (C=O) groups excluding carboxylic acids is 1. The average Bonchev–Trinajstić information content (AvgIpc) is 3.23. The summed E-state index contributed by atoms with van der Waals surface area (Å²) in [6.07, 6.45) is 1.36. The number of nitrogens with one attached hydrogen (secondary N) is 1. The quantitative estimate of drug-likeness (QED) is 0.306. The molecule has 1 aromatic heterocycles. The molecule has 0 saturated heterocycles. The first-order chi connectivity index (χ1) is 16.0. The van der Waals surface area contributed by atoms with Gasteiger partial charge >= 0.3 is 0 Å². The minimum atomic E-state index is -0.529. The Hall–Kier alpha value is -3.57. The van der Waals surface area contributed by atoms with E-state index in [1.54, 1.807) is 24.3 Å². The van der Waals surface area contributed by atoms with Crippen molar-refractivity contribution in [2.45, 2.75) is 32.6 Å². The van der Waals surface area contributed by atoms with E-state index in [4.69, 9.17) is 16.0 Å². The van der Waals surface area contributed by atoms with Crippen molar-refractivity contribution in [3.05, 3.63) is 88.9 Å². The first kappa shape index (κ1) is 22.6. The second-order valence-corrected chi connectivity index (χ2v) is 8.40. The molecule has 1 atom stereocenters. The van der Waals surface area contributed by atoms with Crippen LogP contribution in [0.25, 0.3) is 22.7 Å². The van der Waals surface area contributed by atoms with Crippen molar-refractivity contribution >= 4 is 23.4 Å². The summed E-state index contributed by atoms with van der Waals surface area (Å²) in [5, 5.41) is 14.0. The Morgan fingerprint density at radius 3 is 2.45 bits per heavy atom. The number of hydrogen-bond acceptors (Lipinski definition) is 4. The lowest BCUT2D eigenvalue weighted by molar-refractivity contribution is -0.117. The molecular weight excluding hydrogens is 436 g/mol. The molecule has 0 spiro atoms. The van der Waals surface area contributed by atoms with E-state index in [1.165, 1.54) is 0 Å². The number of hydrogen-bond donors (Lipinski definition) is 2. The Balaban J connectivity index is 1.72. The number of aryl methyl sites for hydroxylation is 1. The number of halogens is 1. The van der Waals surface area contributed by atoms with Crippen LogP contribution in [0, 0.1) is 6.92 Å². The second kappa shape index (κ2) is 9.92. The molecule has 0 aliphatic carbocycles. The minimum Gasteiger partial charge on any atom is -0.508 e. The van der Waals surface area contributed by atoms with Gasteiger partial charge in [-0.1, -0.05) is 67.4 Å². The molecule has 4 aromatic rings. The van der Waals surface area contributed by atoms with Gasteiger partial charge in [-0.25, -0.2) is 4.98 Å². The van der Waals surface area contributed by atoms with E-state index in [-0.39, 0.29) is 17.5 Å². The smallest absolute Gasteiger partial charge is 0.234 e. The van der Waals surface area contributed by atoms with Gasteiger partial charge in [-0.2, -0.15) is 0 Å². The van der Waals surface area contributed by atoms with Gasteiger partial charge in [0.1, 0.15) is 11.4 Å². The number of aromatic nitrogens is 1. The molecule has 33 heavy (non-hydrogen) atoms. The third-order valence-corrected chi connectivity index (χ3v) is 5.71. The second-order valence-electron chi connectivity index (χ2n) is 7.96. The van der Waals surface area contributed by atoms with E-state index in [1.807, 2.05) is 62.4 Å². The monoisotopic (exact) mass is 460 g/mol. The fraction of sp³-hybridized carbons (Fsp3) is 0.185. The predicted octanol–water partition coefficient (Wildman–Crippen LogP) is 7.20. The van der Waals surface area contributed by atoms with Gasteiger partial charge in [-0.3, -0.25) is 10.1 Å². The van der Waals surface area contributed by atoms with E-state index in [0.29, 0.717) is 28.6 Å². The number of phenolic OH excluding ortho intramolecular Hbond substituents is 1. The van der Waals surface area contributed by atoms with Gasteiger partial charge in [0.25, 0.3) is 0 Å². The molecule has 1 heterocycles. The standard InChI is InChI=1S/C27H25ClN2O3/c1-3-7-22(21-15-10-17(2)16-23(21)31)25(32)30-27-24(18-11-13-20(28)14-12-18)29-26(33-27)19-8-5-4-6-9-19/h4-6,8-16,22,31H,3,7H2,1-2H3,(H,30,32). The van der Waals surface area contributed by atoms with Gasteiger partial charge in [0.05, 0.1) is 5.92 Å². The van der Waals surface area contributed by atoms with E-state index in [9.17, 15) is 9.90 Å². The molecular formula is C27H25ClN2O3. The van der Waals surface area contributed by atoms with Crippen LogP contribution in [0.15, 0.2) is 77.2 Å².